The van der Waals surface area contributed by atoms with Crippen LogP contribution in [0.3, 0.4) is 0 Å². The maximum absolute atomic E-state index is 13.5. The van der Waals surface area contributed by atoms with Crippen molar-refractivity contribution in [1.29, 1.82) is 0 Å². The molecule has 1 spiro atoms. The average Bonchev–Trinajstić information content (AvgIpc) is 3.55. The number of allylic oxidation sites excluding steroid dienone is 1. The highest BCUT2D eigenvalue weighted by Crippen LogP contribution is 2.78. The highest BCUT2D eigenvalue weighted by molar-refractivity contribution is 7.86. The Balaban J connectivity index is 1.43. The van der Waals surface area contributed by atoms with Gasteiger partial charge in [-0.2, -0.15) is 8.42 Å². The largest absolute Gasteiger partial charge is 0.472 e. The molecule has 5 aliphatic rings. The zero-order valence-corrected chi connectivity index (χ0v) is 25.6. The van der Waals surface area contributed by atoms with Gasteiger partial charge in [0, 0.05) is 28.4 Å². The number of carbonyl (C=O) groups is 2. The van der Waals surface area contributed by atoms with Gasteiger partial charge in [-0.3, -0.25) is 4.28 Å². The molecule has 228 valence electrons. The molecule has 11 heteroatoms. The second-order valence-electron chi connectivity index (χ2n) is 13.7. The molecule has 0 bridgehead atoms. The topological polar surface area (TPSA) is 134 Å². The summed E-state index contributed by atoms with van der Waals surface area (Å²) < 4.78 is 55.9. The van der Waals surface area contributed by atoms with Gasteiger partial charge in [0.2, 0.25) is 0 Å². The van der Waals surface area contributed by atoms with E-state index >= 15 is 0 Å². The number of epoxide rings is 1. The van der Waals surface area contributed by atoms with Crippen molar-refractivity contribution < 1.29 is 40.9 Å². The molecule has 2 saturated heterocycles. The average molecular weight is 610 g/mol. The number of oxime groups is 1. The van der Waals surface area contributed by atoms with Crippen molar-refractivity contribution in [3.05, 3.63) is 66.6 Å². The number of nitrogens with zero attached hydrogens (tertiary/aromatic N) is 1. The van der Waals surface area contributed by atoms with Crippen LogP contribution >= 0.6 is 0 Å². The van der Waals surface area contributed by atoms with E-state index in [4.69, 9.17) is 22.9 Å². The number of esters is 2. The normalized spacial score (nSPS) is 41.9. The first-order valence-corrected chi connectivity index (χ1v) is 16.0. The fourth-order valence-electron chi connectivity index (χ4n) is 9.37. The third-order valence-electron chi connectivity index (χ3n) is 11.3. The highest BCUT2D eigenvalue weighted by Gasteiger charge is 2.87. The number of hydrogen-bond donors (Lipinski definition) is 0. The van der Waals surface area contributed by atoms with Gasteiger partial charge in [0.05, 0.1) is 18.2 Å². The first-order chi connectivity index (χ1) is 20.2. The van der Waals surface area contributed by atoms with Crippen molar-refractivity contribution in [2.75, 3.05) is 0 Å². The third-order valence-corrected chi connectivity index (χ3v) is 12.4. The summed E-state index contributed by atoms with van der Waals surface area (Å²) in [5.74, 6) is -1.42. The molecule has 4 heterocycles. The van der Waals surface area contributed by atoms with E-state index in [-0.39, 0.29) is 23.2 Å². The van der Waals surface area contributed by atoms with Gasteiger partial charge in [-0.05, 0) is 62.6 Å². The quantitative estimate of drug-likeness (QED) is 0.263. The van der Waals surface area contributed by atoms with Crippen LogP contribution in [0.25, 0.3) is 0 Å². The molecular weight excluding hydrogens is 574 g/mol. The molecule has 4 fully saturated rings. The van der Waals surface area contributed by atoms with Gasteiger partial charge < -0.3 is 18.6 Å². The van der Waals surface area contributed by atoms with E-state index in [1.807, 2.05) is 26.8 Å². The van der Waals surface area contributed by atoms with Crippen molar-refractivity contribution in [1.82, 2.24) is 0 Å². The number of cyclic esters (lactones) is 2. The summed E-state index contributed by atoms with van der Waals surface area (Å²) in [4.78, 5) is 26.2. The van der Waals surface area contributed by atoms with Crippen LogP contribution in [-0.2, 0) is 38.2 Å². The Kier molecular flexibility index (Phi) is 5.81. The lowest BCUT2D eigenvalue weighted by atomic mass is 9.37. The van der Waals surface area contributed by atoms with Crippen LogP contribution in [0, 0.1) is 28.1 Å². The number of fused-ring (bicyclic) bond motifs is 3. The Hall–Kier alpha value is -3.44. The van der Waals surface area contributed by atoms with E-state index in [2.05, 4.69) is 19.0 Å². The second kappa shape index (κ2) is 8.81. The summed E-state index contributed by atoms with van der Waals surface area (Å²) in [6.07, 6.45) is 6.56. The number of carbonyl (C=O) groups excluding carboxylic acids is 2. The minimum absolute atomic E-state index is 0.0261. The number of rotatable bonds is 4. The SMILES string of the molecule is CC1(C)OC(=O)C=C[C@]2(C)[C@H]3CC[C@@]4(C)[C@H](c5ccoc5)OC(=O)[C@H]5O[C@]54[C@]3(C)/C(=N/OS(=O)(=O)c3ccccc3)C[C@@H]12. The summed E-state index contributed by atoms with van der Waals surface area (Å²) >= 11 is 0. The van der Waals surface area contributed by atoms with Crippen molar-refractivity contribution in [3.8, 4) is 0 Å². The Morgan fingerprint density at radius 2 is 1.72 bits per heavy atom. The van der Waals surface area contributed by atoms with Crippen LogP contribution in [0.5, 0.6) is 0 Å². The summed E-state index contributed by atoms with van der Waals surface area (Å²) in [5.41, 5.74) is -3.11. The molecule has 0 N–H and O–H groups in total. The van der Waals surface area contributed by atoms with E-state index in [0.717, 1.165) is 5.56 Å². The standard InChI is InChI=1S/C32H35NO9S/c1-28(2)22-17-23(33-42-43(36,37)20-9-7-6-8-10-20)31(5)21(29(22,3)14-12-24(34)40-28)11-15-30(4)25(19-13-16-38-18-19)39-27(35)26-32(30,31)41-26/h6-10,12-14,16,18,21-22,25-26H,11,15,17H2,1-5H3/b33-23+/t21-,22+,25+,26-,29-,30+,31+,32-/m1/s1. The lowest BCUT2D eigenvalue weighted by Crippen LogP contribution is -2.71. The molecule has 8 atom stereocenters. The smallest absolute Gasteiger partial charge is 0.358 e. The van der Waals surface area contributed by atoms with Crippen molar-refractivity contribution >= 4 is 27.8 Å². The van der Waals surface area contributed by atoms with Crippen LogP contribution in [-0.4, -0.2) is 43.4 Å². The minimum Gasteiger partial charge on any atom is -0.472 e. The first kappa shape index (κ1) is 28.3. The van der Waals surface area contributed by atoms with E-state index in [9.17, 15) is 18.0 Å². The molecule has 0 amide bonds. The van der Waals surface area contributed by atoms with Gasteiger partial charge in [0.1, 0.15) is 22.2 Å². The van der Waals surface area contributed by atoms with Crippen LogP contribution in [0.15, 0.2) is 75.5 Å². The van der Waals surface area contributed by atoms with Gasteiger partial charge in [-0.1, -0.05) is 50.2 Å². The minimum atomic E-state index is -4.25. The second-order valence-corrected chi connectivity index (χ2v) is 15.2. The van der Waals surface area contributed by atoms with Crippen molar-refractivity contribution in [3.63, 3.8) is 0 Å². The summed E-state index contributed by atoms with van der Waals surface area (Å²) in [6, 6.07) is 9.61. The molecule has 10 nitrogen and oxygen atoms in total. The Morgan fingerprint density at radius 1 is 0.977 bits per heavy atom. The van der Waals surface area contributed by atoms with E-state index < -0.39 is 61.7 Å². The van der Waals surface area contributed by atoms with E-state index in [1.165, 1.54) is 18.2 Å². The molecule has 1 aromatic heterocycles. The number of hydrogen-bond acceptors (Lipinski definition) is 10. The predicted molar refractivity (Wildman–Crippen MR) is 152 cm³/mol. The van der Waals surface area contributed by atoms with E-state index in [0.29, 0.717) is 18.6 Å². The van der Waals surface area contributed by atoms with Gasteiger partial charge in [0.25, 0.3) is 0 Å². The fourth-order valence-corrected chi connectivity index (χ4v) is 10.1. The van der Waals surface area contributed by atoms with E-state index in [1.54, 1.807) is 36.8 Å². The van der Waals surface area contributed by atoms with Gasteiger partial charge in [-0.15, -0.1) is 0 Å². The molecule has 43 heavy (non-hydrogen) atoms. The molecule has 2 aromatic rings. The first-order valence-electron chi connectivity index (χ1n) is 14.6. The zero-order valence-electron chi connectivity index (χ0n) is 24.7. The molecule has 0 radical (unpaired) electrons. The summed E-state index contributed by atoms with van der Waals surface area (Å²) in [5, 5.41) is 4.45. The van der Waals surface area contributed by atoms with Crippen LogP contribution in [0.2, 0.25) is 0 Å². The lowest BCUT2D eigenvalue weighted by molar-refractivity contribution is -0.195. The monoisotopic (exact) mass is 609 g/mol. The maximum atomic E-state index is 13.5. The zero-order chi connectivity index (χ0) is 30.6. The molecule has 7 rings (SSSR count). The van der Waals surface area contributed by atoms with Crippen LogP contribution < -0.4 is 0 Å². The molecular formula is C32H35NO9S. The third kappa shape index (κ3) is 3.61. The number of benzene rings is 1. The fraction of sp³-hybridized carbons (Fsp3) is 0.531. The molecule has 1 aromatic carbocycles. The Morgan fingerprint density at radius 3 is 2.42 bits per heavy atom. The molecule has 2 saturated carbocycles. The Labute approximate surface area is 250 Å². The predicted octanol–water partition coefficient (Wildman–Crippen LogP) is 5.12. The van der Waals surface area contributed by atoms with Gasteiger partial charge >= 0.3 is 22.1 Å². The number of furan rings is 1. The lowest BCUT2D eigenvalue weighted by Gasteiger charge is -2.65. The van der Waals surface area contributed by atoms with Crippen LogP contribution in [0.1, 0.15) is 65.5 Å². The molecule has 2 aliphatic carbocycles. The van der Waals surface area contributed by atoms with Gasteiger partial charge in [0.15, 0.2) is 6.10 Å². The Bertz CT molecular complexity index is 1660. The maximum Gasteiger partial charge on any atom is 0.358 e. The highest BCUT2D eigenvalue weighted by atomic mass is 32.2. The molecule has 0 unspecified atom stereocenters. The van der Waals surface area contributed by atoms with Crippen molar-refractivity contribution in [2.45, 2.75) is 82.2 Å². The number of ether oxygens (including phenoxy) is 3. The van der Waals surface area contributed by atoms with Crippen LogP contribution in [0.4, 0.5) is 0 Å². The molecule has 3 aliphatic heterocycles. The summed E-state index contributed by atoms with van der Waals surface area (Å²) in [6.45, 7) is 9.93. The van der Waals surface area contributed by atoms with Gasteiger partial charge in [-0.25, -0.2) is 9.59 Å². The summed E-state index contributed by atoms with van der Waals surface area (Å²) in [7, 11) is -4.25. The van der Waals surface area contributed by atoms with Crippen molar-refractivity contribution in [2.24, 2.45) is 33.2 Å².